The number of hydrogen-bond acceptors (Lipinski definition) is 5. The van der Waals surface area contributed by atoms with Crippen molar-refractivity contribution in [2.24, 2.45) is 0 Å². The van der Waals surface area contributed by atoms with Crippen molar-refractivity contribution in [3.8, 4) is 0 Å². The van der Waals surface area contributed by atoms with Gasteiger partial charge in [0.1, 0.15) is 5.52 Å². The van der Waals surface area contributed by atoms with Crippen molar-refractivity contribution in [3.05, 3.63) is 46.4 Å². The number of H-pyrrole nitrogens is 1. The van der Waals surface area contributed by atoms with E-state index in [2.05, 4.69) is 15.0 Å². The molecule has 1 unspecified atom stereocenters. The minimum absolute atomic E-state index is 0.210. The zero-order valence-corrected chi connectivity index (χ0v) is 12.9. The lowest BCUT2D eigenvalue weighted by molar-refractivity contribution is 0.771. The lowest BCUT2D eigenvalue weighted by atomic mass is 10.2. The summed E-state index contributed by atoms with van der Waals surface area (Å²) in [5, 5.41) is 0.369. The molecule has 1 atom stereocenters. The van der Waals surface area contributed by atoms with Crippen molar-refractivity contribution in [2.45, 2.75) is 18.6 Å². The first-order chi connectivity index (χ1) is 10.6. The normalized spacial score (nSPS) is 12.6. The number of anilines is 1. The van der Waals surface area contributed by atoms with Crippen molar-refractivity contribution >= 4 is 27.7 Å². The number of nitrogen functional groups attached to an aromatic ring is 1. The molecule has 22 heavy (non-hydrogen) atoms. The molecule has 0 amide bonds. The highest BCUT2D eigenvalue weighted by atomic mass is 32.2. The van der Waals surface area contributed by atoms with E-state index in [9.17, 15) is 4.79 Å². The molecule has 0 radical (unpaired) electrons. The van der Waals surface area contributed by atoms with Gasteiger partial charge in [-0.3, -0.25) is 9.35 Å². The molecule has 0 aliphatic carbocycles. The third kappa shape index (κ3) is 2.52. The molecule has 4 N–H and O–H groups in total. The van der Waals surface area contributed by atoms with E-state index in [1.165, 1.54) is 4.57 Å². The first-order valence-corrected chi connectivity index (χ1v) is 8.21. The van der Waals surface area contributed by atoms with Gasteiger partial charge in [-0.2, -0.15) is 0 Å². The second-order valence-electron chi connectivity index (χ2n) is 4.77. The molecular formula is C14H16N6OS. The zero-order chi connectivity index (χ0) is 15.7. The van der Waals surface area contributed by atoms with Crippen molar-refractivity contribution < 1.29 is 0 Å². The van der Waals surface area contributed by atoms with E-state index in [0.717, 1.165) is 5.56 Å². The molecule has 0 saturated carbocycles. The average Bonchev–Trinajstić information content (AvgIpc) is 2.84. The number of aromatic amines is 1. The number of fused-ring (bicyclic) bond motifs is 1. The average molecular weight is 316 g/mol. The lowest BCUT2D eigenvalue weighted by Crippen LogP contribution is -2.18. The second-order valence-corrected chi connectivity index (χ2v) is 6.50. The van der Waals surface area contributed by atoms with Crippen LogP contribution < -0.4 is 11.4 Å². The van der Waals surface area contributed by atoms with Crippen LogP contribution in [-0.4, -0.2) is 25.3 Å². The number of nitrogens with one attached hydrogen (secondary N) is 2. The zero-order valence-electron chi connectivity index (χ0n) is 12.0. The smallest absolute Gasteiger partial charge is 0.328 e. The highest BCUT2D eigenvalue weighted by molar-refractivity contribution is 7.85. The monoisotopic (exact) mass is 316 g/mol. The van der Waals surface area contributed by atoms with E-state index in [-0.39, 0.29) is 11.5 Å². The van der Waals surface area contributed by atoms with E-state index in [0.29, 0.717) is 28.6 Å². The Hall–Kier alpha value is -2.48. The number of rotatable bonds is 4. The number of nitrogens with zero attached hydrogens (tertiary/aromatic N) is 3. The van der Waals surface area contributed by atoms with Crippen molar-refractivity contribution in [3.63, 3.8) is 0 Å². The van der Waals surface area contributed by atoms with Gasteiger partial charge in [-0.15, -0.1) is 0 Å². The standard InChI is InChI=1S/C14H16N6OS/c1-2-22(16)13-18-11(15)10-12(19-13)20(14(21)17-10)8-9-6-4-3-5-7-9/h3-7,16H,2,8H2,1H3,(H,17,21)(H2,15,18,19). The molecular weight excluding hydrogens is 300 g/mol. The molecule has 2 aromatic heterocycles. The predicted octanol–water partition coefficient (Wildman–Crippen LogP) is 1.51. The molecule has 114 valence electrons. The fourth-order valence-electron chi connectivity index (χ4n) is 2.18. The highest BCUT2D eigenvalue weighted by Crippen LogP contribution is 2.17. The Morgan fingerprint density at radius 1 is 1.32 bits per heavy atom. The molecule has 3 rings (SSSR count). The Morgan fingerprint density at radius 3 is 2.73 bits per heavy atom. The van der Waals surface area contributed by atoms with E-state index < -0.39 is 10.7 Å². The van der Waals surface area contributed by atoms with Crippen LogP contribution in [-0.2, 0) is 17.2 Å². The predicted molar refractivity (Wildman–Crippen MR) is 87.0 cm³/mol. The first kappa shape index (κ1) is 14.5. The van der Waals surface area contributed by atoms with E-state index in [1.807, 2.05) is 37.3 Å². The van der Waals surface area contributed by atoms with Crippen LogP contribution in [0.1, 0.15) is 12.5 Å². The van der Waals surface area contributed by atoms with Crippen LogP contribution in [0, 0.1) is 4.78 Å². The van der Waals surface area contributed by atoms with Gasteiger partial charge >= 0.3 is 5.69 Å². The summed E-state index contributed by atoms with van der Waals surface area (Å²) in [5.74, 6) is 0.820. The molecule has 0 fully saturated rings. The summed E-state index contributed by atoms with van der Waals surface area (Å²) < 4.78 is 9.51. The summed E-state index contributed by atoms with van der Waals surface area (Å²) in [6.07, 6.45) is 0. The summed E-state index contributed by atoms with van der Waals surface area (Å²) in [5.41, 5.74) is 7.50. The molecule has 8 heteroatoms. The SMILES string of the molecule is CCS(=N)c1nc(N)c2[nH]c(=O)n(Cc3ccccc3)c2n1. The topological polar surface area (TPSA) is 113 Å². The van der Waals surface area contributed by atoms with E-state index in [1.54, 1.807) is 0 Å². The van der Waals surface area contributed by atoms with Gasteiger partial charge in [0.05, 0.1) is 6.54 Å². The number of benzene rings is 1. The van der Waals surface area contributed by atoms with Crippen LogP contribution in [0.5, 0.6) is 0 Å². The highest BCUT2D eigenvalue weighted by Gasteiger charge is 2.15. The lowest BCUT2D eigenvalue weighted by Gasteiger charge is -2.06. The van der Waals surface area contributed by atoms with Gasteiger partial charge in [-0.05, 0) is 16.3 Å². The van der Waals surface area contributed by atoms with Crippen LogP contribution >= 0.6 is 0 Å². The third-order valence-corrected chi connectivity index (χ3v) is 4.52. The van der Waals surface area contributed by atoms with Gasteiger partial charge in [0, 0.05) is 5.75 Å². The Kier molecular flexibility index (Phi) is 3.76. The van der Waals surface area contributed by atoms with Gasteiger partial charge in [-0.1, -0.05) is 37.3 Å². The number of nitrogens with two attached hydrogens (primary N) is 1. The van der Waals surface area contributed by atoms with Crippen molar-refractivity contribution in [2.75, 3.05) is 11.5 Å². The Morgan fingerprint density at radius 2 is 2.05 bits per heavy atom. The third-order valence-electron chi connectivity index (χ3n) is 3.32. The fourth-order valence-corrected chi connectivity index (χ4v) is 2.85. The van der Waals surface area contributed by atoms with Crippen LogP contribution in [0.15, 0.2) is 40.3 Å². The molecule has 0 spiro atoms. The van der Waals surface area contributed by atoms with Gasteiger partial charge < -0.3 is 10.7 Å². The maximum absolute atomic E-state index is 12.2. The van der Waals surface area contributed by atoms with E-state index in [4.69, 9.17) is 10.5 Å². The Bertz CT molecular complexity index is 899. The molecule has 0 bridgehead atoms. The van der Waals surface area contributed by atoms with E-state index >= 15 is 0 Å². The molecule has 0 aliphatic heterocycles. The van der Waals surface area contributed by atoms with Crippen LogP contribution in [0.3, 0.4) is 0 Å². The van der Waals surface area contributed by atoms with Crippen molar-refractivity contribution in [1.82, 2.24) is 19.5 Å². The minimum Gasteiger partial charge on any atom is -0.382 e. The van der Waals surface area contributed by atoms with Crippen LogP contribution in [0.25, 0.3) is 11.2 Å². The fraction of sp³-hybridized carbons (Fsp3) is 0.214. The Balaban J connectivity index is 2.17. The van der Waals surface area contributed by atoms with Gasteiger partial charge in [0.2, 0.25) is 5.16 Å². The summed E-state index contributed by atoms with van der Waals surface area (Å²) in [4.78, 5) is 23.4. The molecule has 3 aromatic rings. The minimum atomic E-state index is -0.834. The Labute approximate surface area is 129 Å². The van der Waals surface area contributed by atoms with Crippen molar-refractivity contribution in [1.29, 1.82) is 4.78 Å². The largest absolute Gasteiger partial charge is 0.382 e. The number of imidazole rings is 1. The first-order valence-electron chi connectivity index (χ1n) is 6.82. The maximum atomic E-state index is 12.2. The number of aromatic nitrogens is 4. The van der Waals surface area contributed by atoms with Gasteiger partial charge in [0.15, 0.2) is 11.5 Å². The number of hydrogen-bond donors (Lipinski definition) is 3. The van der Waals surface area contributed by atoms with Gasteiger partial charge in [-0.25, -0.2) is 14.8 Å². The van der Waals surface area contributed by atoms with Crippen LogP contribution in [0.4, 0.5) is 5.82 Å². The maximum Gasteiger partial charge on any atom is 0.328 e. The molecule has 1 aromatic carbocycles. The van der Waals surface area contributed by atoms with Crippen LogP contribution in [0.2, 0.25) is 0 Å². The molecule has 7 nitrogen and oxygen atoms in total. The second kappa shape index (κ2) is 5.72. The summed E-state index contributed by atoms with van der Waals surface area (Å²) >= 11 is 0. The summed E-state index contributed by atoms with van der Waals surface area (Å²) in [6.45, 7) is 2.29. The molecule has 0 saturated heterocycles. The molecule has 2 heterocycles. The molecule has 0 aliphatic rings. The quantitative estimate of drug-likeness (QED) is 0.633. The summed E-state index contributed by atoms with van der Waals surface area (Å²) in [6, 6.07) is 9.65. The summed E-state index contributed by atoms with van der Waals surface area (Å²) in [7, 11) is -0.834. The van der Waals surface area contributed by atoms with Gasteiger partial charge in [0.25, 0.3) is 0 Å².